The second kappa shape index (κ2) is 15.7. The summed E-state index contributed by atoms with van der Waals surface area (Å²) in [4.78, 5) is 0. The van der Waals surface area contributed by atoms with E-state index in [4.69, 9.17) is 13.3 Å². The largest absolute Gasteiger partial charge is 0.500 e. The van der Waals surface area contributed by atoms with Gasteiger partial charge >= 0.3 is 8.80 Å². The van der Waals surface area contributed by atoms with E-state index in [2.05, 4.69) is 22.6 Å². The van der Waals surface area contributed by atoms with Gasteiger partial charge in [0.25, 0.3) is 0 Å². The molecule has 0 saturated carbocycles. The van der Waals surface area contributed by atoms with E-state index in [1.54, 1.807) is 0 Å². The minimum absolute atomic E-state index is 0.684. The van der Waals surface area contributed by atoms with Crippen molar-refractivity contribution in [2.45, 2.75) is 78.2 Å². The summed E-state index contributed by atoms with van der Waals surface area (Å²) in [5.74, 6) is 0. The Morgan fingerprint density at radius 3 is 1.38 bits per heavy atom. The van der Waals surface area contributed by atoms with Gasteiger partial charge in [-0.25, -0.2) is 0 Å². The molecule has 0 rings (SSSR count). The molecular weight excluding hydrogens is 395 g/mol. The molecule has 5 heteroatoms. The van der Waals surface area contributed by atoms with Crippen molar-refractivity contribution in [3.63, 3.8) is 0 Å². The molecule has 0 atom stereocenters. The second-order valence-corrected chi connectivity index (χ2v) is 9.06. The van der Waals surface area contributed by atoms with Crippen molar-refractivity contribution in [1.82, 2.24) is 0 Å². The predicted octanol–water partition coefficient (Wildman–Crippen LogP) is 5.59. The minimum atomic E-state index is -2.38. The fourth-order valence-electron chi connectivity index (χ4n) is 2.50. The number of rotatable bonds is 16. The molecule has 0 unspecified atom stereocenters. The van der Waals surface area contributed by atoms with E-state index >= 15 is 0 Å². The van der Waals surface area contributed by atoms with Gasteiger partial charge in [0.1, 0.15) is 0 Å². The van der Waals surface area contributed by atoms with E-state index in [0.29, 0.717) is 19.8 Å². The van der Waals surface area contributed by atoms with E-state index in [-0.39, 0.29) is 0 Å². The number of alkyl halides is 1. The molecule has 0 fully saturated rings. The molecule has 3 nitrogen and oxygen atoms in total. The van der Waals surface area contributed by atoms with Crippen LogP contribution in [0.5, 0.6) is 0 Å². The first kappa shape index (κ1) is 21.8. The summed E-state index contributed by atoms with van der Waals surface area (Å²) in [6.45, 7) is 8.12. The minimum Gasteiger partial charge on any atom is -0.374 e. The Bertz CT molecular complexity index is 201. The molecular formula is C16H35IO3Si. The average Bonchev–Trinajstić information content (AvgIpc) is 2.46. The molecule has 0 heterocycles. The summed E-state index contributed by atoms with van der Waals surface area (Å²) >= 11 is 2.46. The van der Waals surface area contributed by atoms with Gasteiger partial charge in [-0.1, -0.05) is 61.1 Å². The van der Waals surface area contributed by atoms with E-state index in [1.165, 1.54) is 55.8 Å². The molecule has 0 saturated heterocycles. The predicted molar refractivity (Wildman–Crippen MR) is 101 cm³/mol. The first-order valence-electron chi connectivity index (χ1n) is 8.72. The van der Waals surface area contributed by atoms with Crippen molar-refractivity contribution < 1.29 is 13.3 Å². The lowest BCUT2D eigenvalue weighted by atomic mass is 10.1. The highest BCUT2D eigenvalue weighted by atomic mass is 127. The lowest BCUT2D eigenvalue weighted by molar-refractivity contribution is 0.0706. The summed E-state index contributed by atoms with van der Waals surface area (Å²) in [6.07, 6.45) is 10.7. The van der Waals surface area contributed by atoms with Crippen LogP contribution in [0.4, 0.5) is 0 Å². The number of halogens is 1. The van der Waals surface area contributed by atoms with Crippen molar-refractivity contribution in [3.05, 3.63) is 0 Å². The molecule has 0 aromatic heterocycles. The molecule has 0 amide bonds. The third-order valence-corrected chi connectivity index (χ3v) is 7.37. The van der Waals surface area contributed by atoms with Gasteiger partial charge in [0.2, 0.25) is 0 Å². The maximum Gasteiger partial charge on any atom is 0.500 e. The highest BCUT2D eigenvalue weighted by Gasteiger charge is 2.39. The maximum atomic E-state index is 5.88. The highest BCUT2D eigenvalue weighted by Crippen LogP contribution is 2.20. The Morgan fingerprint density at radius 1 is 0.619 bits per heavy atom. The smallest absolute Gasteiger partial charge is 0.374 e. The molecule has 0 N–H and O–H groups in total. The molecule has 128 valence electrons. The van der Waals surface area contributed by atoms with E-state index in [0.717, 1.165) is 6.04 Å². The van der Waals surface area contributed by atoms with Crippen LogP contribution < -0.4 is 0 Å². The van der Waals surface area contributed by atoms with Gasteiger partial charge in [-0.2, -0.15) is 0 Å². The normalized spacial score (nSPS) is 12.0. The van der Waals surface area contributed by atoms with Gasteiger partial charge < -0.3 is 13.3 Å². The first-order valence-corrected chi connectivity index (χ1v) is 12.2. The zero-order valence-electron chi connectivity index (χ0n) is 14.3. The van der Waals surface area contributed by atoms with Crippen LogP contribution in [0.15, 0.2) is 0 Å². The summed E-state index contributed by atoms with van der Waals surface area (Å²) in [7, 11) is -2.38. The quantitative estimate of drug-likeness (QED) is 0.138. The SMILES string of the molecule is CCO[Si](CCCCCCCCCCI)(OCC)OCC. The molecule has 0 spiro atoms. The Morgan fingerprint density at radius 2 is 1.00 bits per heavy atom. The lowest BCUT2D eigenvalue weighted by Gasteiger charge is -2.28. The average molecular weight is 430 g/mol. The summed E-state index contributed by atoms with van der Waals surface area (Å²) in [6, 6.07) is 0.970. The van der Waals surface area contributed by atoms with Crippen molar-refractivity contribution in [3.8, 4) is 0 Å². The van der Waals surface area contributed by atoms with Crippen molar-refractivity contribution in [2.75, 3.05) is 24.2 Å². The lowest BCUT2D eigenvalue weighted by Crippen LogP contribution is -2.45. The van der Waals surface area contributed by atoms with Gasteiger partial charge in [-0.3, -0.25) is 0 Å². The Labute approximate surface area is 147 Å². The Balaban J connectivity index is 3.76. The van der Waals surface area contributed by atoms with Gasteiger partial charge in [-0.05, 0) is 38.0 Å². The molecule has 0 bridgehead atoms. The van der Waals surface area contributed by atoms with E-state index in [1.807, 2.05) is 20.8 Å². The molecule has 0 aliphatic carbocycles. The second-order valence-electron chi connectivity index (χ2n) is 5.25. The monoisotopic (exact) mass is 430 g/mol. The summed E-state index contributed by atoms with van der Waals surface area (Å²) in [5, 5.41) is 0. The van der Waals surface area contributed by atoms with Crippen LogP contribution in [-0.4, -0.2) is 33.1 Å². The third kappa shape index (κ3) is 12.0. The number of hydrogen-bond donors (Lipinski definition) is 0. The van der Waals surface area contributed by atoms with Crippen molar-refractivity contribution in [1.29, 1.82) is 0 Å². The van der Waals surface area contributed by atoms with Crippen LogP contribution in [0.1, 0.15) is 72.1 Å². The van der Waals surface area contributed by atoms with Gasteiger partial charge in [0.05, 0.1) is 0 Å². The zero-order chi connectivity index (χ0) is 15.8. The van der Waals surface area contributed by atoms with Gasteiger partial charge in [-0.15, -0.1) is 0 Å². The fourth-order valence-corrected chi connectivity index (χ4v) is 5.72. The fraction of sp³-hybridized carbons (Fsp3) is 1.00. The van der Waals surface area contributed by atoms with Gasteiger partial charge in [0.15, 0.2) is 0 Å². The standard InChI is InChI=1S/C16H35IO3Si/c1-4-18-21(19-5-2,20-6-3)16-14-12-10-8-7-9-11-13-15-17/h4-16H2,1-3H3. The van der Waals surface area contributed by atoms with Gasteiger partial charge in [0, 0.05) is 25.9 Å². The topological polar surface area (TPSA) is 27.7 Å². The van der Waals surface area contributed by atoms with Crippen LogP contribution in [0.3, 0.4) is 0 Å². The van der Waals surface area contributed by atoms with E-state index in [9.17, 15) is 0 Å². The summed E-state index contributed by atoms with van der Waals surface area (Å²) in [5.41, 5.74) is 0. The molecule has 0 aromatic rings. The van der Waals surface area contributed by atoms with Crippen LogP contribution in [0.2, 0.25) is 6.04 Å². The van der Waals surface area contributed by atoms with Crippen LogP contribution >= 0.6 is 22.6 Å². The molecule has 21 heavy (non-hydrogen) atoms. The number of unbranched alkanes of at least 4 members (excludes halogenated alkanes) is 7. The third-order valence-electron chi connectivity index (χ3n) is 3.46. The molecule has 0 radical (unpaired) electrons. The van der Waals surface area contributed by atoms with Crippen LogP contribution in [-0.2, 0) is 13.3 Å². The van der Waals surface area contributed by atoms with Crippen molar-refractivity contribution in [2.24, 2.45) is 0 Å². The Kier molecular flexibility index (Phi) is 16.3. The molecule has 0 aliphatic heterocycles. The number of hydrogen-bond acceptors (Lipinski definition) is 3. The Hall–Kier alpha value is 0.827. The van der Waals surface area contributed by atoms with Crippen molar-refractivity contribution >= 4 is 31.4 Å². The first-order chi connectivity index (χ1) is 10.2. The molecule has 0 aliphatic rings. The van der Waals surface area contributed by atoms with Crippen LogP contribution in [0, 0.1) is 0 Å². The van der Waals surface area contributed by atoms with E-state index < -0.39 is 8.80 Å². The maximum absolute atomic E-state index is 5.88. The summed E-state index contributed by atoms with van der Waals surface area (Å²) < 4.78 is 18.9. The molecule has 0 aromatic carbocycles. The van der Waals surface area contributed by atoms with Crippen LogP contribution in [0.25, 0.3) is 0 Å². The zero-order valence-corrected chi connectivity index (χ0v) is 17.5. The highest BCUT2D eigenvalue weighted by molar-refractivity contribution is 14.1.